The lowest BCUT2D eigenvalue weighted by atomic mass is 9.95. The van der Waals surface area contributed by atoms with Crippen molar-refractivity contribution in [2.75, 3.05) is 0 Å². The van der Waals surface area contributed by atoms with Crippen LogP contribution in [0.3, 0.4) is 0 Å². The van der Waals surface area contributed by atoms with Gasteiger partial charge in [0, 0.05) is 24.8 Å². The van der Waals surface area contributed by atoms with Gasteiger partial charge in [0.25, 0.3) is 0 Å². The lowest BCUT2D eigenvalue weighted by Crippen LogP contribution is -2.37. The van der Waals surface area contributed by atoms with E-state index in [9.17, 15) is 0 Å². The molecule has 0 aliphatic carbocycles. The molecule has 3 rings (SSSR count). The van der Waals surface area contributed by atoms with E-state index in [4.69, 9.17) is 4.74 Å². The Labute approximate surface area is 109 Å². The second-order valence-corrected chi connectivity index (χ2v) is 5.64. The minimum absolute atomic E-state index is 0.451. The highest BCUT2D eigenvalue weighted by Gasteiger charge is 2.40. The van der Waals surface area contributed by atoms with Crippen LogP contribution >= 0.6 is 0 Å². The summed E-state index contributed by atoms with van der Waals surface area (Å²) in [6, 6.07) is 3.15. The summed E-state index contributed by atoms with van der Waals surface area (Å²) in [5.41, 5.74) is 1.14. The highest BCUT2D eigenvalue weighted by molar-refractivity contribution is 5.01. The molecule has 4 unspecified atom stereocenters. The Hall–Kier alpha value is -0.870. The van der Waals surface area contributed by atoms with Crippen molar-refractivity contribution in [3.05, 3.63) is 18.0 Å². The molecular formula is C14H23N3O. The summed E-state index contributed by atoms with van der Waals surface area (Å²) in [5.74, 6) is 0. The molecule has 0 saturated carbocycles. The average Bonchev–Trinajstić information content (AvgIpc) is 3.10. The van der Waals surface area contributed by atoms with Gasteiger partial charge in [-0.1, -0.05) is 6.92 Å². The van der Waals surface area contributed by atoms with Gasteiger partial charge in [-0.25, -0.2) is 0 Å². The first-order valence-electron chi connectivity index (χ1n) is 7.19. The summed E-state index contributed by atoms with van der Waals surface area (Å²) in [4.78, 5) is 0. The van der Waals surface area contributed by atoms with Crippen molar-refractivity contribution in [3.8, 4) is 0 Å². The van der Waals surface area contributed by atoms with Gasteiger partial charge in [-0.15, -0.1) is 0 Å². The van der Waals surface area contributed by atoms with Crippen LogP contribution in [0.1, 0.15) is 51.3 Å². The molecule has 0 aromatic carbocycles. The van der Waals surface area contributed by atoms with Crippen molar-refractivity contribution < 1.29 is 4.74 Å². The molecule has 18 heavy (non-hydrogen) atoms. The summed E-state index contributed by atoms with van der Waals surface area (Å²) in [6.07, 6.45) is 7.83. The molecule has 2 fully saturated rings. The molecule has 100 valence electrons. The zero-order valence-electron chi connectivity index (χ0n) is 11.3. The summed E-state index contributed by atoms with van der Waals surface area (Å²) in [6.45, 7) is 5.26. The second-order valence-electron chi connectivity index (χ2n) is 5.64. The Morgan fingerprint density at radius 3 is 3.11 bits per heavy atom. The zero-order valence-corrected chi connectivity index (χ0v) is 11.3. The van der Waals surface area contributed by atoms with Gasteiger partial charge in [-0.3, -0.25) is 4.68 Å². The molecule has 0 radical (unpaired) electrons. The van der Waals surface area contributed by atoms with Gasteiger partial charge in [-0.2, -0.15) is 5.10 Å². The van der Waals surface area contributed by atoms with Gasteiger partial charge < -0.3 is 10.1 Å². The SMILES string of the molecule is CCC(C)n1ccc(CNC2CC3CCC2O3)n1. The standard InChI is InChI=1S/C14H23N3O/c1-3-10(2)17-7-6-11(16-17)9-15-13-8-12-4-5-14(13)18-12/h6-7,10,12-15H,3-5,8-9H2,1-2H3. The maximum absolute atomic E-state index is 5.85. The van der Waals surface area contributed by atoms with Crippen LogP contribution in [-0.2, 0) is 11.3 Å². The Bertz CT molecular complexity index is 403. The molecule has 1 aromatic rings. The van der Waals surface area contributed by atoms with Gasteiger partial charge in [0.05, 0.1) is 17.9 Å². The number of ether oxygens (including phenoxy) is 1. The third kappa shape index (κ3) is 2.31. The number of fused-ring (bicyclic) bond motifs is 2. The minimum atomic E-state index is 0.451. The number of hydrogen-bond donors (Lipinski definition) is 1. The topological polar surface area (TPSA) is 39.1 Å². The Balaban J connectivity index is 1.52. The first-order chi connectivity index (χ1) is 8.76. The van der Waals surface area contributed by atoms with Crippen molar-refractivity contribution in [3.63, 3.8) is 0 Å². The van der Waals surface area contributed by atoms with E-state index >= 15 is 0 Å². The quantitative estimate of drug-likeness (QED) is 0.870. The van der Waals surface area contributed by atoms with Crippen LogP contribution in [-0.4, -0.2) is 28.0 Å². The lowest BCUT2D eigenvalue weighted by Gasteiger charge is -2.19. The summed E-state index contributed by atoms with van der Waals surface area (Å²) >= 11 is 0. The molecule has 3 heterocycles. The van der Waals surface area contributed by atoms with E-state index < -0.39 is 0 Å². The van der Waals surface area contributed by atoms with Gasteiger partial charge in [0.15, 0.2) is 0 Å². The van der Waals surface area contributed by atoms with Gasteiger partial charge >= 0.3 is 0 Å². The fourth-order valence-electron chi connectivity index (χ4n) is 2.99. The van der Waals surface area contributed by atoms with E-state index in [0.29, 0.717) is 24.3 Å². The summed E-state index contributed by atoms with van der Waals surface area (Å²) < 4.78 is 7.91. The first kappa shape index (κ1) is 12.2. The number of nitrogens with zero attached hydrogens (tertiary/aromatic N) is 2. The fraction of sp³-hybridized carbons (Fsp3) is 0.786. The predicted molar refractivity (Wildman–Crippen MR) is 70.4 cm³/mol. The van der Waals surface area contributed by atoms with Crippen LogP contribution in [0.2, 0.25) is 0 Å². The number of rotatable bonds is 5. The van der Waals surface area contributed by atoms with Crippen LogP contribution in [0.4, 0.5) is 0 Å². The third-order valence-corrected chi connectivity index (χ3v) is 4.36. The molecule has 0 amide bonds. The molecule has 4 heteroatoms. The van der Waals surface area contributed by atoms with E-state index in [1.54, 1.807) is 0 Å². The Kier molecular flexibility index (Phi) is 3.39. The van der Waals surface area contributed by atoms with E-state index in [2.05, 4.69) is 41.2 Å². The average molecular weight is 249 g/mol. The maximum atomic E-state index is 5.85. The summed E-state index contributed by atoms with van der Waals surface area (Å²) in [7, 11) is 0. The van der Waals surface area contributed by atoms with E-state index in [1.165, 1.54) is 19.3 Å². The summed E-state index contributed by atoms with van der Waals surface area (Å²) in [5, 5.41) is 8.22. The van der Waals surface area contributed by atoms with Crippen LogP contribution in [0, 0.1) is 0 Å². The van der Waals surface area contributed by atoms with Crippen molar-refractivity contribution >= 4 is 0 Å². The Morgan fingerprint density at radius 2 is 2.44 bits per heavy atom. The van der Waals surface area contributed by atoms with Gasteiger partial charge in [-0.05, 0) is 38.7 Å². The largest absolute Gasteiger partial charge is 0.373 e. The molecular weight excluding hydrogens is 226 g/mol. The normalized spacial score (nSPS) is 32.0. The molecule has 1 N–H and O–H groups in total. The van der Waals surface area contributed by atoms with E-state index in [-0.39, 0.29) is 0 Å². The van der Waals surface area contributed by atoms with E-state index in [1.807, 2.05) is 0 Å². The molecule has 2 aliphatic rings. The molecule has 4 atom stereocenters. The first-order valence-corrected chi connectivity index (χ1v) is 7.19. The predicted octanol–water partition coefficient (Wildman–Crippen LogP) is 2.26. The zero-order chi connectivity index (χ0) is 12.5. The van der Waals surface area contributed by atoms with Crippen LogP contribution in [0.5, 0.6) is 0 Å². The van der Waals surface area contributed by atoms with Crippen molar-refractivity contribution in [1.82, 2.24) is 15.1 Å². The van der Waals surface area contributed by atoms with E-state index in [0.717, 1.165) is 18.7 Å². The molecule has 4 nitrogen and oxygen atoms in total. The van der Waals surface area contributed by atoms with Crippen molar-refractivity contribution in [2.24, 2.45) is 0 Å². The molecule has 2 aliphatic heterocycles. The monoisotopic (exact) mass is 249 g/mol. The van der Waals surface area contributed by atoms with Gasteiger partial charge in [0.2, 0.25) is 0 Å². The molecule has 1 aromatic heterocycles. The number of hydrogen-bond acceptors (Lipinski definition) is 3. The fourth-order valence-corrected chi connectivity index (χ4v) is 2.99. The smallest absolute Gasteiger partial charge is 0.0762 e. The molecule has 2 bridgehead atoms. The number of aromatic nitrogens is 2. The van der Waals surface area contributed by atoms with Crippen LogP contribution < -0.4 is 5.32 Å². The van der Waals surface area contributed by atoms with Crippen molar-refractivity contribution in [1.29, 1.82) is 0 Å². The Morgan fingerprint density at radius 1 is 1.56 bits per heavy atom. The lowest BCUT2D eigenvalue weighted by molar-refractivity contribution is 0.0972. The third-order valence-electron chi connectivity index (χ3n) is 4.36. The highest BCUT2D eigenvalue weighted by Crippen LogP contribution is 2.34. The molecule has 2 saturated heterocycles. The maximum Gasteiger partial charge on any atom is 0.0762 e. The minimum Gasteiger partial charge on any atom is -0.373 e. The molecule has 0 spiro atoms. The van der Waals surface area contributed by atoms with Gasteiger partial charge in [0.1, 0.15) is 0 Å². The second kappa shape index (κ2) is 5.02. The van der Waals surface area contributed by atoms with Crippen molar-refractivity contribution in [2.45, 2.75) is 70.4 Å². The highest BCUT2D eigenvalue weighted by atomic mass is 16.5. The van der Waals surface area contributed by atoms with Crippen LogP contribution in [0.15, 0.2) is 12.3 Å². The van der Waals surface area contributed by atoms with Crippen LogP contribution in [0.25, 0.3) is 0 Å². The number of nitrogens with one attached hydrogen (secondary N) is 1.